The Hall–Kier alpha value is -3.60. The van der Waals surface area contributed by atoms with Crippen LogP contribution in [0.5, 0.6) is 11.5 Å². The summed E-state index contributed by atoms with van der Waals surface area (Å²) in [5, 5.41) is 8.98. The van der Waals surface area contributed by atoms with Gasteiger partial charge in [-0.2, -0.15) is 5.10 Å². The number of nitrogen functional groups attached to an aromatic ring is 1. The molecular formula is C28H31FN8O. The molecule has 3 saturated heterocycles. The van der Waals surface area contributed by atoms with Gasteiger partial charge in [0.2, 0.25) is 0 Å². The number of piperidine rings is 1. The zero-order valence-electron chi connectivity index (χ0n) is 21.1. The Labute approximate surface area is 220 Å². The van der Waals surface area contributed by atoms with Crippen LogP contribution in [0.25, 0.3) is 22.3 Å². The number of ether oxygens (including phenoxy) is 1. The molecule has 10 heteroatoms. The summed E-state index contributed by atoms with van der Waals surface area (Å²) in [7, 11) is 0. The lowest BCUT2D eigenvalue weighted by Gasteiger charge is -2.52. The second-order valence-electron chi connectivity index (χ2n) is 10.5. The van der Waals surface area contributed by atoms with Crippen LogP contribution in [0.4, 0.5) is 10.2 Å². The number of nitrogens with zero attached hydrogens (tertiary/aromatic N) is 6. The first-order valence-electron chi connectivity index (χ1n) is 13.3. The van der Waals surface area contributed by atoms with Gasteiger partial charge >= 0.3 is 0 Å². The van der Waals surface area contributed by atoms with E-state index in [9.17, 15) is 0 Å². The van der Waals surface area contributed by atoms with Gasteiger partial charge in [0.1, 0.15) is 23.6 Å². The molecule has 38 heavy (non-hydrogen) atoms. The van der Waals surface area contributed by atoms with Gasteiger partial charge in [-0.15, -0.1) is 0 Å². The van der Waals surface area contributed by atoms with E-state index in [1.807, 2.05) is 28.9 Å². The van der Waals surface area contributed by atoms with Crippen LogP contribution in [0.15, 0.2) is 54.9 Å². The van der Waals surface area contributed by atoms with Crippen LogP contribution in [0.3, 0.4) is 0 Å². The number of fused-ring (bicyclic) bond motifs is 1. The molecule has 0 bridgehead atoms. The van der Waals surface area contributed by atoms with Crippen molar-refractivity contribution in [2.24, 2.45) is 0 Å². The number of aromatic nitrogens is 4. The average Bonchev–Trinajstić information content (AvgIpc) is 3.28. The average molecular weight is 515 g/mol. The van der Waals surface area contributed by atoms with Crippen LogP contribution in [0.2, 0.25) is 0 Å². The third-order valence-electron chi connectivity index (χ3n) is 8.22. The fourth-order valence-corrected chi connectivity index (χ4v) is 5.84. The van der Waals surface area contributed by atoms with E-state index in [0.29, 0.717) is 39.9 Å². The quantitative estimate of drug-likeness (QED) is 0.405. The Morgan fingerprint density at radius 3 is 2.42 bits per heavy atom. The first kappa shape index (κ1) is 23.5. The van der Waals surface area contributed by atoms with Gasteiger partial charge in [0.15, 0.2) is 17.2 Å². The van der Waals surface area contributed by atoms with E-state index in [-0.39, 0.29) is 11.8 Å². The van der Waals surface area contributed by atoms with Crippen molar-refractivity contribution in [3.63, 3.8) is 0 Å². The van der Waals surface area contributed by atoms with Crippen molar-refractivity contribution in [3.8, 4) is 22.8 Å². The third kappa shape index (κ3) is 4.18. The lowest BCUT2D eigenvalue weighted by molar-refractivity contribution is -0.0217. The zero-order valence-corrected chi connectivity index (χ0v) is 21.1. The first-order chi connectivity index (χ1) is 18.6. The topological polar surface area (TPSA) is 97.4 Å². The summed E-state index contributed by atoms with van der Waals surface area (Å²) in [5.74, 6) is 0.611. The number of rotatable bonds is 6. The number of halogens is 1. The maximum Gasteiger partial charge on any atom is 0.166 e. The van der Waals surface area contributed by atoms with Gasteiger partial charge in [0.25, 0.3) is 0 Å². The molecule has 196 valence electrons. The number of nitrogens with two attached hydrogens (primary N) is 1. The number of nitrogens with one attached hydrogen (secondary N) is 1. The van der Waals surface area contributed by atoms with E-state index < -0.39 is 5.82 Å². The van der Waals surface area contributed by atoms with Gasteiger partial charge in [-0.3, -0.25) is 9.80 Å². The summed E-state index contributed by atoms with van der Waals surface area (Å²) in [4.78, 5) is 14.0. The zero-order chi connectivity index (χ0) is 25.6. The molecule has 0 radical (unpaired) electrons. The summed E-state index contributed by atoms with van der Waals surface area (Å²) in [6, 6.07) is 15.6. The van der Waals surface area contributed by atoms with Crippen LogP contribution in [0, 0.1) is 5.82 Å². The fraction of sp³-hybridized carbons (Fsp3) is 0.393. The predicted molar refractivity (Wildman–Crippen MR) is 144 cm³/mol. The SMILES string of the molecule is Nc1ncnc2c1c(-c1ccc(Oc3ccccc3)c(F)c1)nn2C1CCN(C2CN(C3CNC3)C2)CC1. The Bertz CT molecular complexity index is 1440. The molecule has 0 atom stereocenters. The van der Waals surface area contributed by atoms with Crippen molar-refractivity contribution >= 4 is 16.9 Å². The first-order valence-corrected chi connectivity index (χ1v) is 13.3. The van der Waals surface area contributed by atoms with Crippen LogP contribution in [-0.4, -0.2) is 80.9 Å². The molecule has 9 nitrogen and oxygen atoms in total. The number of hydrogen-bond donors (Lipinski definition) is 2. The van der Waals surface area contributed by atoms with Crippen molar-refractivity contribution in [3.05, 3.63) is 60.7 Å². The van der Waals surface area contributed by atoms with Crippen LogP contribution in [0.1, 0.15) is 18.9 Å². The molecule has 3 aliphatic rings. The highest BCUT2D eigenvalue weighted by atomic mass is 19.1. The van der Waals surface area contributed by atoms with Crippen molar-refractivity contribution in [1.29, 1.82) is 0 Å². The van der Waals surface area contributed by atoms with Crippen molar-refractivity contribution < 1.29 is 9.13 Å². The fourth-order valence-electron chi connectivity index (χ4n) is 5.84. The maximum absolute atomic E-state index is 15.1. The van der Waals surface area contributed by atoms with Crippen LogP contribution >= 0.6 is 0 Å². The minimum absolute atomic E-state index is 0.156. The lowest BCUT2D eigenvalue weighted by Crippen LogP contribution is -2.69. The molecule has 5 heterocycles. The van der Waals surface area contributed by atoms with Gasteiger partial charge in [-0.1, -0.05) is 18.2 Å². The van der Waals surface area contributed by atoms with E-state index in [4.69, 9.17) is 15.6 Å². The van der Waals surface area contributed by atoms with Crippen LogP contribution < -0.4 is 15.8 Å². The summed E-state index contributed by atoms with van der Waals surface area (Å²) in [5.41, 5.74) is 8.21. The second-order valence-corrected chi connectivity index (χ2v) is 10.5. The molecule has 3 aliphatic heterocycles. The largest absolute Gasteiger partial charge is 0.454 e. The number of para-hydroxylation sites is 1. The minimum atomic E-state index is -0.468. The number of hydrogen-bond acceptors (Lipinski definition) is 8. The molecule has 0 saturated carbocycles. The summed E-state index contributed by atoms with van der Waals surface area (Å²) in [6.45, 7) is 6.66. The molecule has 0 aliphatic carbocycles. The molecule has 0 amide bonds. The standard InChI is InChI=1S/C28H31FN8O/c29-23-12-18(6-7-24(23)38-22-4-2-1-3-5-22)26-25-27(30)32-17-33-28(25)37(34-26)19-8-10-35(11-9-19)21-15-36(16-21)20-13-31-14-20/h1-7,12,17,19-21,31H,8-11,13-16H2,(H2,30,32,33). The van der Waals surface area contributed by atoms with Gasteiger partial charge in [0.05, 0.1) is 11.4 Å². The monoisotopic (exact) mass is 514 g/mol. The molecular weight excluding hydrogens is 483 g/mol. The highest BCUT2D eigenvalue weighted by molar-refractivity contribution is 5.98. The van der Waals surface area contributed by atoms with Crippen LogP contribution in [-0.2, 0) is 0 Å². The minimum Gasteiger partial charge on any atom is -0.454 e. The maximum atomic E-state index is 15.1. The molecule has 0 unspecified atom stereocenters. The van der Waals surface area contributed by atoms with Crippen molar-refractivity contribution in [2.45, 2.75) is 31.0 Å². The number of benzene rings is 2. The van der Waals surface area contributed by atoms with Crippen molar-refractivity contribution in [2.75, 3.05) is 45.0 Å². The van der Waals surface area contributed by atoms with E-state index in [0.717, 1.165) is 45.1 Å². The van der Waals surface area contributed by atoms with E-state index in [1.165, 1.54) is 25.5 Å². The molecule has 0 spiro atoms. The summed E-state index contributed by atoms with van der Waals surface area (Å²) in [6.07, 6.45) is 3.45. The second kappa shape index (κ2) is 9.61. The molecule has 3 fully saturated rings. The van der Waals surface area contributed by atoms with E-state index in [1.54, 1.807) is 18.2 Å². The molecule has 7 rings (SSSR count). The molecule has 2 aromatic carbocycles. The van der Waals surface area contributed by atoms with Gasteiger partial charge in [0, 0.05) is 56.9 Å². The van der Waals surface area contributed by atoms with Gasteiger partial charge < -0.3 is 15.8 Å². The Kier molecular flexibility index (Phi) is 5.95. The number of likely N-dealkylation sites (tertiary alicyclic amines) is 2. The normalized spacial score (nSPS) is 19.9. The number of anilines is 1. The molecule has 3 N–H and O–H groups in total. The predicted octanol–water partition coefficient (Wildman–Crippen LogP) is 3.30. The Morgan fingerprint density at radius 1 is 0.921 bits per heavy atom. The molecule has 2 aromatic heterocycles. The Balaban J connectivity index is 1.11. The van der Waals surface area contributed by atoms with Gasteiger partial charge in [-0.05, 0) is 43.2 Å². The highest BCUT2D eigenvalue weighted by Gasteiger charge is 2.39. The molecule has 4 aromatic rings. The van der Waals surface area contributed by atoms with Crippen molar-refractivity contribution in [1.82, 2.24) is 34.9 Å². The smallest absolute Gasteiger partial charge is 0.166 e. The lowest BCUT2D eigenvalue weighted by atomic mass is 9.97. The highest BCUT2D eigenvalue weighted by Crippen LogP contribution is 2.36. The van der Waals surface area contributed by atoms with Gasteiger partial charge in [-0.25, -0.2) is 19.0 Å². The third-order valence-corrected chi connectivity index (χ3v) is 8.22. The summed E-state index contributed by atoms with van der Waals surface area (Å²) >= 11 is 0. The van der Waals surface area contributed by atoms with E-state index in [2.05, 4.69) is 25.1 Å². The summed E-state index contributed by atoms with van der Waals surface area (Å²) < 4.78 is 22.8. The van der Waals surface area contributed by atoms with E-state index >= 15 is 4.39 Å². The Morgan fingerprint density at radius 2 is 1.71 bits per heavy atom.